The minimum absolute atomic E-state index is 0.0274. The Morgan fingerprint density at radius 3 is 2.14 bits per heavy atom. The van der Waals surface area contributed by atoms with Gasteiger partial charge in [-0.3, -0.25) is 4.79 Å². The first kappa shape index (κ1) is 18.3. The third-order valence-corrected chi connectivity index (χ3v) is 4.41. The lowest BCUT2D eigenvalue weighted by Gasteiger charge is -2.37. The molecule has 1 saturated carbocycles. The molecule has 1 aliphatic carbocycles. The summed E-state index contributed by atoms with van der Waals surface area (Å²) in [7, 11) is 0. The van der Waals surface area contributed by atoms with Gasteiger partial charge in [0, 0.05) is 18.0 Å². The van der Waals surface area contributed by atoms with Crippen LogP contribution in [0.25, 0.3) is 0 Å². The Balaban J connectivity index is 2.78. The predicted molar refractivity (Wildman–Crippen MR) is 76.8 cm³/mol. The molecule has 0 aliphatic heterocycles. The van der Waals surface area contributed by atoms with Crippen LogP contribution in [0, 0.1) is 0 Å². The van der Waals surface area contributed by atoms with E-state index in [1.54, 1.807) is 0 Å². The first-order valence-electron chi connectivity index (χ1n) is 7.86. The Labute approximate surface area is 125 Å². The van der Waals surface area contributed by atoms with Crippen molar-refractivity contribution in [3.63, 3.8) is 0 Å². The lowest BCUT2D eigenvalue weighted by atomic mass is 9.80. The van der Waals surface area contributed by atoms with Crippen LogP contribution in [0.15, 0.2) is 0 Å². The highest BCUT2D eigenvalue weighted by Crippen LogP contribution is 2.30. The molecule has 1 amide bonds. The highest BCUT2D eigenvalue weighted by Gasteiger charge is 2.38. The maximum absolute atomic E-state index is 12.7. The molecule has 0 saturated heterocycles. The number of alkyl halides is 3. The average molecular weight is 308 g/mol. The molecule has 0 aromatic carbocycles. The second-order valence-electron chi connectivity index (χ2n) is 6.21. The van der Waals surface area contributed by atoms with Gasteiger partial charge in [-0.1, -0.05) is 33.1 Å². The number of carbonyl (C=O) groups is 1. The summed E-state index contributed by atoms with van der Waals surface area (Å²) in [5.41, 5.74) is 5.60. The Morgan fingerprint density at radius 1 is 1.19 bits per heavy atom. The summed E-state index contributed by atoms with van der Waals surface area (Å²) < 4.78 is 38.2. The van der Waals surface area contributed by atoms with Crippen molar-refractivity contribution < 1.29 is 18.0 Å². The van der Waals surface area contributed by atoms with Crippen LogP contribution in [0.1, 0.15) is 65.2 Å². The first-order chi connectivity index (χ1) is 9.71. The third kappa shape index (κ3) is 5.85. The van der Waals surface area contributed by atoms with Gasteiger partial charge in [-0.15, -0.1) is 0 Å². The summed E-state index contributed by atoms with van der Waals surface area (Å²) in [6.45, 7) is 2.45. The van der Waals surface area contributed by atoms with Crippen LogP contribution in [-0.2, 0) is 4.79 Å². The van der Waals surface area contributed by atoms with E-state index < -0.39 is 24.2 Å². The minimum Gasteiger partial charge on any atom is -0.331 e. The standard InChI is InChI=1S/C15H27F3N2O/c1-3-12(4-2)20(11-15(16,17)18)13(21)10-14(19)8-6-5-7-9-14/h12H,3-11,19H2,1-2H3. The van der Waals surface area contributed by atoms with E-state index in [0.29, 0.717) is 12.8 Å². The van der Waals surface area contributed by atoms with Crippen LogP contribution in [0.5, 0.6) is 0 Å². The topological polar surface area (TPSA) is 46.3 Å². The maximum atomic E-state index is 12.7. The second kappa shape index (κ2) is 7.47. The van der Waals surface area contributed by atoms with Gasteiger partial charge in [-0.2, -0.15) is 13.2 Å². The van der Waals surface area contributed by atoms with Crippen LogP contribution in [-0.4, -0.2) is 35.1 Å². The summed E-state index contributed by atoms with van der Waals surface area (Å²) in [5.74, 6) is -0.453. The molecule has 3 nitrogen and oxygen atoms in total. The van der Waals surface area contributed by atoms with Crippen LogP contribution >= 0.6 is 0 Å². The Morgan fingerprint density at radius 2 is 1.71 bits per heavy atom. The van der Waals surface area contributed by atoms with Gasteiger partial charge in [0.1, 0.15) is 6.54 Å². The van der Waals surface area contributed by atoms with Crippen molar-refractivity contribution in [2.75, 3.05) is 6.54 Å². The van der Waals surface area contributed by atoms with E-state index in [-0.39, 0.29) is 12.5 Å². The van der Waals surface area contributed by atoms with Gasteiger partial charge in [0.2, 0.25) is 5.91 Å². The highest BCUT2D eigenvalue weighted by atomic mass is 19.4. The summed E-state index contributed by atoms with van der Waals surface area (Å²) in [6, 6.07) is -0.369. The van der Waals surface area contributed by atoms with Gasteiger partial charge in [0.25, 0.3) is 0 Å². The summed E-state index contributed by atoms with van der Waals surface area (Å²) in [4.78, 5) is 13.4. The van der Waals surface area contributed by atoms with Gasteiger partial charge < -0.3 is 10.6 Å². The number of rotatable bonds is 6. The molecule has 21 heavy (non-hydrogen) atoms. The fourth-order valence-electron chi connectivity index (χ4n) is 3.18. The van der Waals surface area contributed by atoms with E-state index in [1.165, 1.54) is 0 Å². The molecule has 6 heteroatoms. The number of hydrogen-bond donors (Lipinski definition) is 1. The van der Waals surface area contributed by atoms with Gasteiger partial charge in [0.15, 0.2) is 0 Å². The SMILES string of the molecule is CCC(CC)N(CC(F)(F)F)C(=O)CC1(N)CCCCC1. The molecule has 1 aliphatic rings. The molecule has 0 spiro atoms. The van der Waals surface area contributed by atoms with Crippen LogP contribution in [0.4, 0.5) is 13.2 Å². The van der Waals surface area contributed by atoms with Crippen molar-refractivity contribution in [2.45, 2.75) is 83.0 Å². The Kier molecular flexibility index (Phi) is 6.50. The molecular weight excluding hydrogens is 281 g/mol. The largest absolute Gasteiger partial charge is 0.406 e. The van der Waals surface area contributed by atoms with Crippen molar-refractivity contribution in [2.24, 2.45) is 5.73 Å². The second-order valence-corrected chi connectivity index (χ2v) is 6.21. The van der Waals surface area contributed by atoms with E-state index in [4.69, 9.17) is 5.73 Å². The van der Waals surface area contributed by atoms with E-state index in [9.17, 15) is 18.0 Å². The average Bonchev–Trinajstić information content (AvgIpc) is 2.37. The van der Waals surface area contributed by atoms with Gasteiger partial charge in [-0.05, 0) is 25.7 Å². The third-order valence-electron chi connectivity index (χ3n) is 4.41. The van der Waals surface area contributed by atoms with E-state index in [1.807, 2.05) is 13.8 Å². The lowest BCUT2D eigenvalue weighted by molar-refractivity contribution is -0.167. The Bertz CT molecular complexity index is 334. The number of halogens is 3. The summed E-state index contributed by atoms with van der Waals surface area (Å²) >= 11 is 0. The first-order valence-corrected chi connectivity index (χ1v) is 7.86. The molecule has 0 atom stereocenters. The lowest BCUT2D eigenvalue weighted by Crippen LogP contribution is -2.51. The summed E-state index contributed by atoms with van der Waals surface area (Å²) in [6.07, 6.45) is 1.15. The molecule has 124 valence electrons. The molecule has 0 radical (unpaired) electrons. The van der Waals surface area contributed by atoms with Crippen molar-refractivity contribution >= 4 is 5.91 Å². The molecular formula is C15H27F3N2O. The predicted octanol–water partition coefficient (Wildman–Crippen LogP) is 3.62. The van der Waals surface area contributed by atoms with E-state index >= 15 is 0 Å². The molecule has 0 aromatic rings. The molecule has 0 heterocycles. The molecule has 1 fully saturated rings. The van der Waals surface area contributed by atoms with Crippen molar-refractivity contribution in [1.29, 1.82) is 0 Å². The summed E-state index contributed by atoms with van der Waals surface area (Å²) in [5, 5.41) is 0. The zero-order valence-electron chi connectivity index (χ0n) is 13.0. The molecule has 2 N–H and O–H groups in total. The maximum Gasteiger partial charge on any atom is 0.406 e. The monoisotopic (exact) mass is 308 g/mol. The fourth-order valence-corrected chi connectivity index (χ4v) is 3.18. The quantitative estimate of drug-likeness (QED) is 0.814. The number of carbonyl (C=O) groups excluding carboxylic acids is 1. The van der Waals surface area contributed by atoms with Crippen molar-refractivity contribution in [3.8, 4) is 0 Å². The van der Waals surface area contributed by atoms with Crippen molar-refractivity contribution in [3.05, 3.63) is 0 Å². The number of hydrogen-bond acceptors (Lipinski definition) is 2. The Hall–Kier alpha value is -0.780. The van der Waals surface area contributed by atoms with Gasteiger partial charge in [0.05, 0.1) is 0 Å². The smallest absolute Gasteiger partial charge is 0.331 e. The number of amides is 1. The van der Waals surface area contributed by atoms with E-state index in [0.717, 1.165) is 37.0 Å². The van der Waals surface area contributed by atoms with Crippen molar-refractivity contribution in [1.82, 2.24) is 4.90 Å². The van der Waals surface area contributed by atoms with Crippen LogP contribution in [0.3, 0.4) is 0 Å². The molecule has 1 rings (SSSR count). The van der Waals surface area contributed by atoms with Gasteiger partial charge >= 0.3 is 6.18 Å². The van der Waals surface area contributed by atoms with Crippen LogP contribution < -0.4 is 5.73 Å². The number of nitrogens with zero attached hydrogens (tertiary/aromatic N) is 1. The highest BCUT2D eigenvalue weighted by molar-refractivity contribution is 5.78. The fraction of sp³-hybridized carbons (Fsp3) is 0.933. The minimum atomic E-state index is -4.37. The van der Waals surface area contributed by atoms with Crippen LogP contribution in [0.2, 0.25) is 0 Å². The normalized spacial score (nSPS) is 18.8. The zero-order chi connectivity index (χ0) is 16.1. The molecule has 0 aromatic heterocycles. The van der Waals surface area contributed by atoms with Gasteiger partial charge in [-0.25, -0.2) is 0 Å². The molecule has 0 unspecified atom stereocenters. The molecule has 0 bridgehead atoms. The number of nitrogens with two attached hydrogens (primary N) is 1. The van der Waals surface area contributed by atoms with E-state index in [2.05, 4.69) is 0 Å². The zero-order valence-corrected chi connectivity index (χ0v) is 13.0.